The van der Waals surface area contributed by atoms with Crippen molar-refractivity contribution in [3.05, 3.63) is 17.6 Å². The first kappa shape index (κ1) is 17.1. The highest BCUT2D eigenvalue weighted by molar-refractivity contribution is 7.91. The van der Waals surface area contributed by atoms with Crippen LogP contribution in [0.1, 0.15) is 22.7 Å². The van der Waals surface area contributed by atoms with Crippen LogP contribution < -0.4 is 4.90 Å². The van der Waals surface area contributed by atoms with Crippen molar-refractivity contribution in [3.63, 3.8) is 0 Å². The van der Waals surface area contributed by atoms with E-state index in [0.29, 0.717) is 37.0 Å². The van der Waals surface area contributed by atoms with Crippen molar-refractivity contribution in [2.45, 2.75) is 19.4 Å². The van der Waals surface area contributed by atoms with Gasteiger partial charge in [0.1, 0.15) is 17.3 Å². The molecule has 2 saturated heterocycles. The number of morpholine rings is 1. The SMILES string of the molecule is Cc1nc(C(=O)N(C)C2CCS(=O)(=O)C2)cc(N2CCOCC2)n1. The van der Waals surface area contributed by atoms with Gasteiger partial charge in [0.25, 0.3) is 5.91 Å². The highest BCUT2D eigenvalue weighted by Gasteiger charge is 2.33. The van der Waals surface area contributed by atoms with Crippen LogP contribution in [0.3, 0.4) is 0 Å². The van der Waals surface area contributed by atoms with Gasteiger partial charge in [-0.15, -0.1) is 0 Å². The monoisotopic (exact) mass is 354 g/mol. The molecule has 3 rings (SSSR count). The number of amides is 1. The molecule has 0 aromatic carbocycles. The summed E-state index contributed by atoms with van der Waals surface area (Å²) in [6.07, 6.45) is 0.477. The number of rotatable bonds is 3. The predicted octanol–water partition coefficient (Wildman–Crippen LogP) is -0.119. The summed E-state index contributed by atoms with van der Waals surface area (Å²) in [5.74, 6) is 1.13. The smallest absolute Gasteiger partial charge is 0.272 e. The molecule has 1 unspecified atom stereocenters. The van der Waals surface area contributed by atoms with Crippen LogP contribution in [-0.4, -0.2) is 80.1 Å². The molecule has 8 nitrogen and oxygen atoms in total. The number of carbonyl (C=O) groups is 1. The van der Waals surface area contributed by atoms with Gasteiger partial charge in [0, 0.05) is 32.2 Å². The van der Waals surface area contributed by atoms with Gasteiger partial charge in [-0.3, -0.25) is 4.79 Å². The number of carbonyl (C=O) groups excluding carboxylic acids is 1. The highest BCUT2D eigenvalue weighted by atomic mass is 32.2. The zero-order valence-corrected chi connectivity index (χ0v) is 14.8. The van der Waals surface area contributed by atoms with Gasteiger partial charge in [-0.05, 0) is 13.3 Å². The largest absolute Gasteiger partial charge is 0.378 e. The van der Waals surface area contributed by atoms with E-state index in [1.807, 2.05) is 0 Å². The van der Waals surface area contributed by atoms with Crippen molar-refractivity contribution < 1.29 is 17.9 Å². The number of nitrogens with zero attached hydrogens (tertiary/aromatic N) is 4. The number of aromatic nitrogens is 2. The van der Waals surface area contributed by atoms with Crippen LogP contribution >= 0.6 is 0 Å². The molecule has 0 N–H and O–H groups in total. The molecule has 1 amide bonds. The van der Waals surface area contributed by atoms with Gasteiger partial charge in [-0.25, -0.2) is 18.4 Å². The van der Waals surface area contributed by atoms with E-state index >= 15 is 0 Å². The third-order valence-corrected chi connectivity index (χ3v) is 6.21. The highest BCUT2D eigenvalue weighted by Crippen LogP contribution is 2.20. The number of aryl methyl sites for hydroxylation is 1. The molecule has 2 aliphatic heterocycles. The van der Waals surface area contributed by atoms with Crippen molar-refractivity contribution in [1.29, 1.82) is 0 Å². The molecule has 0 aliphatic carbocycles. The van der Waals surface area contributed by atoms with Crippen molar-refractivity contribution in [2.75, 3.05) is 49.8 Å². The van der Waals surface area contributed by atoms with Crippen LogP contribution in [0.15, 0.2) is 6.07 Å². The maximum Gasteiger partial charge on any atom is 0.272 e. The van der Waals surface area contributed by atoms with Crippen molar-refractivity contribution >= 4 is 21.6 Å². The van der Waals surface area contributed by atoms with Crippen LogP contribution in [0.4, 0.5) is 5.82 Å². The Balaban J connectivity index is 1.80. The zero-order chi connectivity index (χ0) is 17.3. The summed E-state index contributed by atoms with van der Waals surface area (Å²) in [7, 11) is -1.40. The number of ether oxygens (including phenoxy) is 1. The quantitative estimate of drug-likeness (QED) is 0.747. The minimum absolute atomic E-state index is 0.0234. The van der Waals surface area contributed by atoms with E-state index in [9.17, 15) is 13.2 Å². The molecule has 0 saturated carbocycles. The molecule has 2 fully saturated rings. The van der Waals surface area contributed by atoms with E-state index in [4.69, 9.17) is 4.74 Å². The molecule has 2 aliphatic rings. The third kappa shape index (κ3) is 3.67. The number of hydrogen-bond acceptors (Lipinski definition) is 7. The standard InChI is InChI=1S/C15H22N4O4S/c1-11-16-13(9-14(17-11)19-4-6-23-7-5-19)15(20)18(2)12-3-8-24(21,22)10-12/h9,12H,3-8,10H2,1-2H3. The van der Waals surface area contributed by atoms with Crippen LogP contribution in [0, 0.1) is 6.92 Å². The summed E-state index contributed by atoms with van der Waals surface area (Å²) in [5.41, 5.74) is 0.302. The maximum atomic E-state index is 12.7. The average molecular weight is 354 g/mol. The molecule has 0 bridgehead atoms. The molecule has 0 radical (unpaired) electrons. The molecule has 1 aromatic heterocycles. The lowest BCUT2D eigenvalue weighted by atomic mass is 10.2. The summed E-state index contributed by atoms with van der Waals surface area (Å²) in [6, 6.07) is 1.39. The van der Waals surface area contributed by atoms with E-state index in [0.717, 1.165) is 13.1 Å². The van der Waals surface area contributed by atoms with Gasteiger partial charge in [0.05, 0.1) is 24.7 Å². The third-order valence-electron chi connectivity index (χ3n) is 4.46. The lowest BCUT2D eigenvalue weighted by Gasteiger charge is -2.28. The van der Waals surface area contributed by atoms with Gasteiger partial charge >= 0.3 is 0 Å². The van der Waals surface area contributed by atoms with E-state index in [-0.39, 0.29) is 23.5 Å². The van der Waals surface area contributed by atoms with Crippen LogP contribution in [0.25, 0.3) is 0 Å². The Morgan fingerprint density at radius 2 is 2.04 bits per heavy atom. The van der Waals surface area contributed by atoms with Crippen LogP contribution in [-0.2, 0) is 14.6 Å². The Morgan fingerprint density at radius 3 is 2.67 bits per heavy atom. The maximum absolute atomic E-state index is 12.7. The van der Waals surface area contributed by atoms with Crippen LogP contribution in [0.5, 0.6) is 0 Å². The van der Waals surface area contributed by atoms with E-state index in [1.54, 1.807) is 20.0 Å². The first-order chi connectivity index (χ1) is 11.4. The molecule has 132 valence electrons. The lowest BCUT2D eigenvalue weighted by molar-refractivity contribution is 0.0741. The molecular weight excluding hydrogens is 332 g/mol. The van der Waals surface area contributed by atoms with Crippen molar-refractivity contribution in [3.8, 4) is 0 Å². The van der Waals surface area contributed by atoms with Gasteiger partial charge in [0.2, 0.25) is 0 Å². The molecule has 0 spiro atoms. The Labute approximate surface area is 141 Å². The fourth-order valence-corrected chi connectivity index (χ4v) is 4.82. The summed E-state index contributed by atoms with van der Waals surface area (Å²) < 4.78 is 28.6. The summed E-state index contributed by atoms with van der Waals surface area (Å²) >= 11 is 0. The van der Waals surface area contributed by atoms with Gasteiger partial charge in [0.15, 0.2) is 9.84 Å². The second-order valence-corrected chi connectivity index (χ2v) is 8.46. The fraction of sp³-hybridized carbons (Fsp3) is 0.667. The Hall–Kier alpha value is -1.74. The topological polar surface area (TPSA) is 92.7 Å². The normalized spacial score (nSPS) is 23.2. The first-order valence-corrected chi connectivity index (χ1v) is 9.84. The Morgan fingerprint density at radius 1 is 1.33 bits per heavy atom. The molecule has 1 atom stereocenters. The van der Waals surface area contributed by atoms with E-state index in [2.05, 4.69) is 14.9 Å². The number of hydrogen-bond donors (Lipinski definition) is 0. The average Bonchev–Trinajstić information content (AvgIpc) is 2.93. The molecule has 1 aromatic rings. The minimum Gasteiger partial charge on any atom is -0.378 e. The van der Waals surface area contributed by atoms with Gasteiger partial charge in [-0.2, -0.15) is 0 Å². The molecular formula is C15H22N4O4S. The first-order valence-electron chi connectivity index (χ1n) is 8.02. The van der Waals surface area contributed by atoms with E-state index in [1.165, 1.54) is 4.90 Å². The second-order valence-electron chi connectivity index (χ2n) is 6.23. The molecule has 24 heavy (non-hydrogen) atoms. The minimum atomic E-state index is -3.04. The zero-order valence-electron chi connectivity index (χ0n) is 13.9. The van der Waals surface area contributed by atoms with Crippen molar-refractivity contribution in [2.24, 2.45) is 0 Å². The number of sulfone groups is 1. The number of anilines is 1. The summed E-state index contributed by atoms with van der Waals surface area (Å²) in [5, 5.41) is 0. The Kier molecular flexibility index (Phi) is 4.73. The summed E-state index contributed by atoms with van der Waals surface area (Å²) in [6.45, 7) is 4.46. The van der Waals surface area contributed by atoms with E-state index < -0.39 is 9.84 Å². The molecule has 3 heterocycles. The van der Waals surface area contributed by atoms with Gasteiger partial charge in [-0.1, -0.05) is 0 Å². The second kappa shape index (κ2) is 6.64. The summed E-state index contributed by atoms with van der Waals surface area (Å²) in [4.78, 5) is 24.9. The van der Waals surface area contributed by atoms with Crippen LogP contribution in [0.2, 0.25) is 0 Å². The van der Waals surface area contributed by atoms with Crippen molar-refractivity contribution in [1.82, 2.24) is 14.9 Å². The fourth-order valence-electron chi connectivity index (χ4n) is 3.04. The Bertz CT molecular complexity index is 731. The predicted molar refractivity (Wildman–Crippen MR) is 89.0 cm³/mol. The molecule has 9 heteroatoms. The lowest BCUT2D eigenvalue weighted by Crippen LogP contribution is -2.39. The van der Waals surface area contributed by atoms with Gasteiger partial charge < -0.3 is 14.5 Å².